The summed E-state index contributed by atoms with van der Waals surface area (Å²) in [6, 6.07) is 27.4. The molecule has 2 N–H and O–H groups in total. The standard InChI is InChI=1S/C35H30N4O5/c1-3-44-23-17-15-22(16-18-23)36-33(40)26-12-5-7-14-29(26)39-34(41)30-20-27-25-11-4-6-13-28(25)37-31(27)32(38(30)35(39)42)21-9-8-10-24(19-21)43-2/h4-19,30,32,37H,3,20H2,1-2H3,(H,36,40). The van der Waals surface area contributed by atoms with Gasteiger partial charge in [-0.25, -0.2) is 9.69 Å². The van der Waals surface area contributed by atoms with Gasteiger partial charge in [0.25, 0.3) is 11.8 Å². The van der Waals surface area contributed by atoms with E-state index >= 15 is 0 Å². The number of fused-ring (bicyclic) bond motifs is 4. The summed E-state index contributed by atoms with van der Waals surface area (Å²) < 4.78 is 11.0. The van der Waals surface area contributed by atoms with E-state index in [1.807, 2.05) is 55.5 Å². The van der Waals surface area contributed by atoms with Crippen LogP contribution in [0.1, 0.15) is 40.1 Å². The Labute approximate surface area is 254 Å². The largest absolute Gasteiger partial charge is 0.497 e. The van der Waals surface area contributed by atoms with Crippen molar-refractivity contribution in [1.29, 1.82) is 0 Å². The lowest BCUT2D eigenvalue weighted by molar-refractivity contribution is -0.120. The smallest absolute Gasteiger partial charge is 0.332 e. The Morgan fingerprint density at radius 3 is 2.50 bits per heavy atom. The molecule has 3 heterocycles. The summed E-state index contributed by atoms with van der Waals surface area (Å²) in [6.07, 6.45) is 0.349. The van der Waals surface area contributed by atoms with Crippen molar-refractivity contribution in [2.75, 3.05) is 23.9 Å². The highest BCUT2D eigenvalue weighted by molar-refractivity contribution is 6.24. The molecule has 7 rings (SSSR count). The quantitative estimate of drug-likeness (QED) is 0.218. The first-order valence-electron chi connectivity index (χ1n) is 14.5. The first-order valence-corrected chi connectivity index (χ1v) is 14.5. The third kappa shape index (κ3) is 4.44. The molecule has 0 saturated carbocycles. The van der Waals surface area contributed by atoms with Crippen LogP contribution in [0, 0.1) is 0 Å². The number of urea groups is 1. The van der Waals surface area contributed by atoms with Crippen molar-refractivity contribution in [3.63, 3.8) is 0 Å². The van der Waals surface area contributed by atoms with Gasteiger partial charge >= 0.3 is 6.03 Å². The SMILES string of the molecule is CCOc1ccc(NC(=O)c2ccccc2N2C(=O)C3Cc4c([nH]c5ccccc45)C(c4cccc(OC)c4)N3C2=O)cc1. The van der Waals surface area contributed by atoms with Gasteiger partial charge in [-0.2, -0.15) is 0 Å². The van der Waals surface area contributed by atoms with E-state index in [4.69, 9.17) is 9.47 Å². The lowest BCUT2D eigenvalue weighted by Crippen LogP contribution is -2.44. The normalized spacial score (nSPS) is 17.4. The molecule has 0 radical (unpaired) electrons. The second-order valence-electron chi connectivity index (χ2n) is 10.8. The highest BCUT2D eigenvalue weighted by Crippen LogP contribution is 2.45. The number of nitrogens with zero attached hydrogens (tertiary/aromatic N) is 2. The first-order chi connectivity index (χ1) is 21.5. The molecule has 5 aromatic rings. The zero-order valence-corrected chi connectivity index (χ0v) is 24.2. The van der Waals surface area contributed by atoms with Crippen LogP contribution in [0.3, 0.4) is 0 Å². The molecule has 220 valence electrons. The summed E-state index contributed by atoms with van der Waals surface area (Å²) in [7, 11) is 1.60. The topological polar surface area (TPSA) is 104 Å². The van der Waals surface area contributed by atoms with E-state index in [1.165, 1.54) is 0 Å². The number of anilines is 2. The molecule has 2 atom stereocenters. The summed E-state index contributed by atoms with van der Waals surface area (Å²) in [5.74, 6) is 0.531. The number of hydrogen-bond donors (Lipinski definition) is 2. The molecule has 2 unspecified atom stereocenters. The molecule has 9 nitrogen and oxygen atoms in total. The maximum atomic E-state index is 14.4. The zero-order chi connectivity index (χ0) is 30.4. The van der Waals surface area contributed by atoms with Gasteiger partial charge in [0.15, 0.2) is 0 Å². The van der Waals surface area contributed by atoms with E-state index in [0.29, 0.717) is 30.2 Å². The molecule has 9 heteroatoms. The number of methoxy groups -OCH3 is 1. The Hall–Kier alpha value is -5.57. The molecule has 0 aliphatic carbocycles. The minimum absolute atomic E-state index is 0.213. The number of H-pyrrole nitrogens is 1. The van der Waals surface area contributed by atoms with Crippen molar-refractivity contribution in [3.05, 3.63) is 119 Å². The summed E-state index contributed by atoms with van der Waals surface area (Å²) in [5, 5.41) is 3.90. The number of amides is 4. The van der Waals surface area contributed by atoms with E-state index in [9.17, 15) is 14.4 Å². The molecule has 4 amide bonds. The van der Waals surface area contributed by atoms with Gasteiger partial charge in [-0.05, 0) is 72.6 Å². The predicted molar refractivity (Wildman–Crippen MR) is 167 cm³/mol. The minimum atomic E-state index is -0.757. The Bertz CT molecular complexity index is 1910. The van der Waals surface area contributed by atoms with Gasteiger partial charge in [-0.3, -0.25) is 14.5 Å². The maximum absolute atomic E-state index is 14.4. The van der Waals surface area contributed by atoms with Gasteiger partial charge in [-0.1, -0.05) is 42.5 Å². The van der Waals surface area contributed by atoms with Crippen molar-refractivity contribution in [1.82, 2.24) is 9.88 Å². The van der Waals surface area contributed by atoms with Crippen LogP contribution < -0.4 is 19.7 Å². The Kier molecular flexibility index (Phi) is 6.77. The summed E-state index contributed by atoms with van der Waals surface area (Å²) in [5.41, 5.74) is 4.63. The molecule has 1 saturated heterocycles. The summed E-state index contributed by atoms with van der Waals surface area (Å²) in [4.78, 5) is 48.5. The average Bonchev–Trinajstić information content (AvgIpc) is 3.54. The van der Waals surface area contributed by atoms with Crippen molar-refractivity contribution in [2.24, 2.45) is 0 Å². The summed E-state index contributed by atoms with van der Waals surface area (Å²) in [6.45, 7) is 2.44. The zero-order valence-electron chi connectivity index (χ0n) is 24.2. The van der Waals surface area contributed by atoms with Crippen molar-refractivity contribution >= 4 is 40.1 Å². The fraction of sp³-hybridized carbons (Fsp3) is 0.171. The van der Waals surface area contributed by atoms with Crippen LogP contribution in [0.5, 0.6) is 11.5 Å². The highest BCUT2D eigenvalue weighted by Gasteiger charge is 2.53. The molecule has 1 aromatic heterocycles. The van der Waals surface area contributed by atoms with E-state index in [1.54, 1.807) is 60.5 Å². The molecular weight excluding hydrogens is 556 g/mol. The Morgan fingerprint density at radius 2 is 1.70 bits per heavy atom. The number of aromatic amines is 1. The second-order valence-corrected chi connectivity index (χ2v) is 10.8. The molecule has 2 aliphatic rings. The van der Waals surface area contributed by atoms with E-state index < -0.39 is 24.0 Å². The number of nitrogens with one attached hydrogen (secondary N) is 2. The highest BCUT2D eigenvalue weighted by atomic mass is 16.5. The third-order valence-corrected chi connectivity index (χ3v) is 8.27. The maximum Gasteiger partial charge on any atom is 0.332 e. The number of rotatable bonds is 7. The van der Waals surface area contributed by atoms with Crippen LogP contribution in [-0.2, 0) is 11.2 Å². The Balaban J connectivity index is 1.28. The van der Waals surface area contributed by atoms with Crippen molar-refractivity contribution in [2.45, 2.75) is 25.4 Å². The fourth-order valence-corrected chi connectivity index (χ4v) is 6.31. The van der Waals surface area contributed by atoms with Gasteiger partial charge in [0.2, 0.25) is 0 Å². The van der Waals surface area contributed by atoms with Crippen LogP contribution in [0.25, 0.3) is 10.9 Å². The number of ether oxygens (including phenoxy) is 2. The number of carbonyl (C=O) groups excluding carboxylic acids is 3. The molecule has 0 spiro atoms. The summed E-state index contributed by atoms with van der Waals surface area (Å²) >= 11 is 0. The molecule has 44 heavy (non-hydrogen) atoms. The number of imide groups is 1. The van der Waals surface area contributed by atoms with Crippen LogP contribution >= 0.6 is 0 Å². The Morgan fingerprint density at radius 1 is 0.932 bits per heavy atom. The molecule has 1 fully saturated rings. The average molecular weight is 587 g/mol. The first kappa shape index (κ1) is 27.3. The molecule has 0 bridgehead atoms. The lowest BCUT2D eigenvalue weighted by Gasteiger charge is -2.36. The molecule has 4 aromatic carbocycles. The lowest BCUT2D eigenvalue weighted by atomic mass is 9.89. The van der Waals surface area contributed by atoms with Crippen molar-refractivity contribution in [3.8, 4) is 11.5 Å². The number of aromatic nitrogens is 1. The minimum Gasteiger partial charge on any atom is -0.497 e. The second kappa shape index (κ2) is 10.9. The number of benzene rings is 4. The van der Waals surface area contributed by atoms with Crippen molar-refractivity contribution < 1.29 is 23.9 Å². The van der Waals surface area contributed by atoms with E-state index in [0.717, 1.165) is 32.6 Å². The monoisotopic (exact) mass is 586 g/mol. The van der Waals surface area contributed by atoms with Crippen LogP contribution in [-0.4, -0.2) is 47.5 Å². The van der Waals surface area contributed by atoms with Gasteiger partial charge in [0.1, 0.15) is 23.6 Å². The van der Waals surface area contributed by atoms with Crippen LogP contribution in [0.15, 0.2) is 97.1 Å². The fourth-order valence-electron chi connectivity index (χ4n) is 6.31. The number of carbonyl (C=O) groups is 3. The van der Waals surface area contributed by atoms with Gasteiger partial charge < -0.3 is 19.8 Å². The van der Waals surface area contributed by atoms with Gasteiger partial charge in [0, 0.05) is 28.7 Å². The van der Waals surface area contributed by atoms with Gasteiger partial charge in [-0.15, -0.1) is 0 Å². The van der Waals surface area contributed by atoms with Crippen LogP contribution in [0.4, 0.5) is 16.2 Å². The number of hydrogen-bond acceptors (Lipinski definition) is 5. The predicted octanol–water partition coefficient (Wildman–Crippen LogP) is 6.31. The van der Waals surface area contributed by atoms with Gasteiger partial charge in [0.05, 0.1) is 25.0 Å². The van der Waals surface area contributed by atoms with Crippen LogP contribution in [0.2, 0.25) is 0 Å². The third-order valence-electron chi connectivity index (χ3n) is 8.27. The van der Waals surface area contributed by atoms with E-state index in [-0.39, 0.29) is 17.2 Å². The molecular formula is C35H30N4O5. The van der Waals surface area contributed by atoms with E-state index in [2.05, 4.69) is 10.3 Å². The number of para-hydroxylation sites is 2. The molecule has 2 aliphatic heterocycles.